The monoisotopic (exact) mass is 319 g/mol. The zero-order valence-electron chi connectivity index (χ0n) is 13.1. The number of hydrogen-bond donors (Lipinski definition) is 2. The zero-order chi connectivity index (χ0) is 16.3. The molecule has 1 saturated heterocycles. The van der Waals surface area contributed by atoms with E-state index in [1.165, 1.54) is 0 Å². The fraction of sp³-hybridized carbons (Fsp3) is 0.375. The Labute approximate surface area is 136 Å². The van der Waals surface area contributed by atoms with Gasteiger partial charge >= 0.3 is 5.97 Å². The third-order valence-electron chi connectivity index (χ3n) is 3.58. The smallest absolute Gasteiger partial charge is 0.317 e. The van der Waals surface area contributed by atoms with Crippen molar-refractivity contribution in [2.24, 2.45) is 5.92 Å². The van der Waals surface area contributed by atoms with E-state index in [4.69, 9.17) is 17.0 Å². The van der Waals surface area contributed by atoms with Crippen molar-refractivity contribution < 1.29 is 9.53 Å². The quantitative estimate of drug-likeness (QED) is 0.654. The highest BCUT2D eigenvalue weighted by Crippen LogP contribution is 2.31. The second-order valence-corrected chi connectivity index (χ2v) is 5.73. The van der Waals surface area contributed by atoms with E-state index in [-0.39, 0.29) is 12.0 Å². The number of nitrogens with zero attached hydrogens (tertiary/aromatic N) is 1. The summed E-state index contributed by atoms with van der Waals surface area (Å²) in [5.41, 5.74) is 2.62. The molecule has 0 aliphatic carbocycles. The van der Waals surface area contributed by atoms with E-state index in [9.17, 15) is 4.79 Å². The number of benzene rings is 1. The Morgan fingerprint density at radius 1 is 1.36 bits per heavy atom. The predicted octanol–water partition coefficient (Wildman–Crippen LogP) is 1.96. The molecule has 1 aliphatic rings. The van der Waals surface area contributed by atoms with Gasteiger partial charge in [-0.05, 0) is 36.8 Å². The van der Waals surface area contributed by atoms with Crippen LogP contribution in [0.2, 0.25) is 0 Å². The van der Waals surface area contributed by atoms with Crippen LogP contribution in [0.1, 0.15) is 18.5 Å². The molecule has 118 valence electrons. The SMILES string of the molecule is C=C1NC(=S)NC(c2ccc(N(C)C)cc2)C1C(=O)OCC. The average molecular weight is 319 g/mol. The van der Waals surface area contributed by atoms with E-state index in [2.05, 4.69) is 17.2 Å². The minimum absolute atomic E-state index is 0.281. The molecule has 0 bridgehead atoms. The first kappa shape index (κ1) is 16.3. The molecule has 2 rings (SSSR count). The van der Waals surface area contributed by atoms with Gasteiger partial charge in [0, 0.05) is 25.5 Å². The first-order chi connectivity index (χ1) is 10.4. The first-order valence-corrected chi connectivity index (χ1v) is 7.55. The van der Waals surface area contributed by atoms with Crippen LogP contribution in [-0.4, -0.2) is 31.8 Å². The summed E-state index contributed by atoms with van der Waals surface area (Å²) in [6.45, 7) is 6.04. The van der Waals surface area contributed by atoms with Crippen molar-refractivity contribution in [2.45, 2.75) is 13.0 Å². The summed E-state index contributed by atoms with van der Waals surface area (Å²) in [6.07, 6.45) is 0. The van der Waals surface area contributed by atoms with Gasteiger partial charge in [-0.2, -0.15) is 0 Å². The van der Waals surface area contributed by atoms with E-state index < -0.39 is 5.92 Å². The number of esters is 1. The number of rotatable bonds is 4. The molecule has 5 nitrogen and oxygen atoms in total. The highest BCUT2D eigenvalue weighted by molar-refractivity contribution is 7.80. The Morgan fingerprint density at radius 2 is 2.00 bits per heavy atom. The lowest BCUT2D eigenvalue weighted by Gasteiger charge is -2.35. The van der Waals surface area contributed by atoms with Gasteiger partial charge in [0.05, 0.1) is 12.6 Å². The van der Waals surface area contributed by atoms with Gasteiger partial charge in [0.1, 0.15) is 5.92 Å². The summed E-state index contributed by atoms with van der Waals surface area (Å²) >= 11 is 5.19. The largest absolute Gasteiger partial charge is 0.465 e. The van der Waals surface area contributed by atoms with Crippen LogP contribution >= 0.6 is 12.2 Å². The van der Waals surface area contributed by atoms with Crippen LogP contribution in [0, 0.1) is 5.92 Å². The third kappa shape index (κ3) is 3.39. The minimum atomic E-state index is -0.517. The standard InChI is InChI=1S/C16H21N3O2S/c1-5-21-15(20)13-10(2)17-16(22)18-14(13)11-6-8-12(9-7-11)19(3)4/h6-9,13-14H,2,5H2,1,3-4H3,(H2,17,18,22). The number of nitrogens with one attached hydrogen (secondary N) is 2. The third-order valence-corrected chi connectivity index (χ3v) is 3.80. The van der Waals surface area contributed by atoms with Crippen molar-refractivity contribution in [3.63, 3.8) is 0 Å². The molecule has 22 heavy (non-hydrogen) atoms. The fourth-order valence-electron chi connectivity index (χ4n) is 2.45. The second-order valence-electron chi connectivity index (χ2n) is 5.32. The van der Waals surface area contributed by atoms with Crippen LogP contribution in [-0.2, 0) is 9.53 Å². The molecule has 6 heteroatoms. The van der Waals surface area contributed by atoms with Crippen molar-refractivity contribution in [1.29, 1.82) is 0 Å². The van der Waals surface area contributed by atoms with Gasteiger partial charge in [-0.25, -0.2) is 0 Å². The molecular formula is C16H21N3O2S. The van der Waals surface area contributed by atoms with Gasteiger partial charge in [-0.15, -0.1) is 0 Å². The maximum absolute atomic E-state index is 12.3. The Morgan fingerprint density at radius 3 is 2.55 bits per heavy atom. The van der Waals surface area contributed by atoms with Crippen LogP contribution in [0.25, 0.3) is 0 Å². The maximum Gasteiger partial charge on any atom is 0.317 e. The predicted molar refractivity (Wildman–Crippen MR) is 91.6 cm³/mol. The molecule has 0 radical (unpaired) electrons. The van der Waals surface area contributed by atoms with Crippen LogP contribution < -0.4 is 15.5 Å². The summed E-state index contributed by atoms with van der Waals surface area (Å²) < 4.78 is 5.17. The Bertz CT molecular complexity index is 584. The summed E-state index contributed by atoms with van der Waals surface area (Å²) in [4.78, 5) is 14.3. The van der Waals surface area contributed by atoms with Gasteiger partial charge < -0.3 is 20.3 Å². The average Bonchev–Trinajstić information content (AvgIpc) is 2.46. The molecule has 0 aromatic heterocycles. The highest BCUT2D eigenvalue weighted by atomic mass is 32.1. The maximum atomic E-state index is 12.3. The van der Waals surface area contributed by atoms with Gasteiger partial charge in [-0.3, -0.25) is 4.79 Å². The lowest BCUT2D eigenvalue weighted by molar-refractivity contribution is -0.147. The topological polar surface area (TPSA) is 53.6 Å². The molecular weight excluding hydrogens is 298 g/mol. The normalized spacial score (nSPS) is 20.9. The van der Waals surface area contributed by atoms with Crippen molar-refractivity contribution in [3.8, 4) is 0 Å². The highest BCUT2D eigenvalue weighted by Gasteiger charge is 2.37. The molecule has 2 unspecified atom stereocenters. The lowest BCUT2D eigenvalue weighted by Crippen LogP contribution is -2.51. The van der Waals surface area contributed by atoms with E-state index in [0.717, 1.165) is 11.3 Å². The second kappa shape index (κ2) is 6.79. The molecule has 1 aromatic carbocycles. The minimum Gasteiger partial charge on any atom is -0.465 e. The van der Waals surface area contributed by atoms with Crippen LogP contribution in [0.4, 0.5) is 5.69 Å². The molecule has 0 amide bonds. The zero-order valence-corrected chi connectivity index (χ0v) is 13.9. The number of hydrogen-bond acceptors (Lipinski definition) is 4. The van der Waals surface area contributed by atoms with Crippen molar-refractivity contribution in [2.75, 3.05) is 25.6 Å². The fourth-order valence-corrected chi connectivity index (χ4v) is 2.71. The van der Waals surface area contributed by atoms with Crippen molar-refractivity contribution in [3.05, 3.63) is 42.1 Å². The van der Waals surface area contributed by atoms with Gasteiger partial charge in [0.2, 0.25) is 0 Å². The number of ether oxygens (including phenoxy) is 1. The molecule has 2 atom stereocenters. The Hall–Kier alpha value is -2.08. The lowest BCUT2D eigenvalue weighted by atomic mass is 9.89. The molecule has 2 N–H and O–H groups in total. The van der Waals surface area contributed by atoms with Crippen molar-refractivity contribution >= 4 is 29.0 Å². The van der Waals surface area contributed by atoms with Crippen molar-refractivity contribution in [1.82, 2.24) is 10.6 Å². The molecule has 0 saturated carbocycles. The Balaban J connectivity index is 2.32. The van der Waals surface area contributed by atoms with Crippen LogP contribution in [0.15, 0.2) is 36.5 Å². The van der Waals surface area contributed by atoms with Gasteiger partial charge in [0.25, 0.3) is 0 Å². The number of anilines is 1. The van der Waals surface area contributed by atoms with Gasteiger partial charge in [0.15, 0.2) is 5.11 Å². The number of thiocarbonyl (C=S) groups is 1. The van der Waals surface area contributed by atoms with E-state index >= 15 is 0 Å². The van der Waals surface area contributed by atoms with E-state index in [1.54, 1.807) is 6.92 Å². The number of carbonyl (C=O) groups is 1. The van der Waals surface area contributed by atoms with Crippen LogP contribution in [0.5, 0.6) is 0 Å². The van der Waals surface area contributed by atoms with Crippen LogP contribution in [0.3, 0.4) is 0 Å². The summed E-state index contributed by atoms with van der Waals surface area (Å²) in [5, 5.41) is 6.53. The molecule has 1 aromatic rings. The van der Waals surface area contributed by atoms with E-state index in [1.807, 2.05) is 43.3 Å². The molecule has 1 fully saturated rings. The summed E-state index contributed by atoms with van der Waals surface area (Å²) in [6, 6.07) is 7.71. The molecule has 1 aliphatic heterocycles. The van der Waals surface area contributed by atoms with E-state index in [0.29, 0.717) is 17.4 Å². The molecule has 0 spiro atoms. The van der Waals surface area contributed by atoms with Gasteiger partial charge in [-0.1, -0.05) is 18.7 Å². The molecule has 1 heterocycles. The summed E-state index contributed by atoms with van der Waals surface area (Å²) in [5.74, 6) is -0.825. The first-order valence-electron chi connectivity index (χ1n) is 7.14. The number of carbonyl (C=O) groups excluding carboxylic acids is 1. The Kier molecular flexibility index (Phi) is 5.03. The summed E-state index contributed by atoms with van der Waals surface area (Å²) in [7, 11) is 3.96.